The quantitative estimate of drug-likeness (QED) is 0.849. The smallest absolute Gasteiger partial charge is 0.252 e. The van der Waals surface area contributed by atoms with Crippen LogP contribution < -0.4 is 11.1 Å². The SMILES string of the molecule is CNC(=O)C1CCCN(S(=O)(=O)c2cc(N)cs2)C1. The van der Waals surface area contributed by atoms with Crippen LogP contribution in [0.4, 0.5) is 5.69 Å². The van der Waals surface area contributed by atoms with Gasteiger partial charge in [0.2, 0.25) is 5.91 Å². The Kier molecular flexibility index (Phi) is 4.12. The average molecular weight is 303 g/mol. The zero-order valence-electron chi connectivity index (χ0n) is 10.6. The highest BCUT2D eigenvalue weighted by Gasteiger charge is 2.33. The second-order valence-corrected chi connectivity index (χ2v) is 7.59. The van der Waals surface area contributed by atoms with Gasteiger partial charge in [0.25, 0.3) is 10.0 Å². The number of thiophene rings is 1. The fourth-order valence-electron chi connectivity index (χ4n) is 2.17. The molecule has 0 radical (unpaired) electrons. The minimum atomic E-state index is -3.52. The van der Waals surface area contributed by atoms with E-state index in [2.05, 4.69) is 5.32 Å². The molecular formula is C11H17N3O3S2. The Bertz CT molecular complexity index is 567. The van der Waals surface area contributed by atoms with Crippen molar-refractivity contribution >= 4 is 33.0 Å². The lowest BCUT2D eigenvalue weighted by Crippen LogP contribution is -2.44. The summed E-state index contributed by atoms with van der Waals surface area (Å²) in [5.74, 6) is -0.378. The van der Waals surface area contributed by atoms with E-state index in [1.165, 1.54) is 10.4 Å². The molecule has 2 rings (SSSR count). The number of nitrogens with one attached hydrogen (secondary N) is 1. The van der Waals surface area contributed by atoms with Crippen LogP contribution in [0.25, 0.3) is 0 Å². The molecule has 19 heavy (non-hydrogen) atoms. The zero-order chi connectivity index (χ0) is 14.0. The first-order valence-electron chi connectivity index (χ1n) is 6.01. The molecule has 6 nitrogen and oxygen atoms in total. The van der Waals surface area contributed by atoms with Crippen LogP contribution >= 0.6 is 11.3 Å². The molecule has 1 aromatic heterocycles. The summed E-state index contributed by atoms with van der Waals surface area (Å²) in [7, 11) is -1.96. The average Bonchev–Trinajstić information content (AvgIpc) is 2.85. The van der Waals surface area contributed by atoms with Crippen molar-refractivity contribution in [2.75, 3.05) is 25.9 Å². The maximum absolute atomic E-state index is 12.4. The first-order chi connectivity index (χ1) is 8.95. The van der Waals surface area contributed by atoms with E-state index in [-0.39, 0.29) is 22.6 Å². The number of hydrogen-bond donors (Lipinski definition) is 2. The Morgan fingerprint density at radius 2 is 2.32 bits per heavy atom. The predicted molar refractivity (Wildman–Crippen MR) is 74.3 cm³/mol. The van der Waals surface area contributed by atoms with Gasteiger partial charge >= 0.3 is 0 Å². The maximum atomic E-state index is 12.4. The minimum Gasteiger partial charge on any atom is -0.398 e. The van der Waals surface area contributed by atoms with Crippen LogP contribution in [0.3, 0.4) is 0 Å². The van der Waals surface area contributed by atoms with E-state index < -0.39 is 10.0 Å². The summed E-state index contributed by atoms with van der Waals surface area (Å²) in [6.45, 7) is 0.688. The largest absolute Gasteiger partial charge is 0.398 e. The van der Waals surface area contributed by atoms with E-state index >= 15 is 0 Å². The number of nitrogen functional groups attached to an aromatic ring is 1. The number of nitrogens with two attached hydrogens (primary N) is 1. The van der Waals surface area contributed by atoms with Crippen molar-refractivity contribution in [2.24, 2.45) is 5.92 Å². The summed E-state index contributed by atoms with van der Waals surface area (Å²) in [4.78, 5) is 11.6. The number of rotatable bonds is 3. The van der Waals surface area contributed by atoms with Gasteiger partial charge in [0.1, 0.15) is 4.21 Å². The number of amides is 1. The molecule has 0 spiro atoms. The molecule has 0 aliphatic carbocycles. The molecule has 1 amide bonds. The third kappa shape index (κ3) is 2.90. The highest BCUT2D eigenvalue weighted by atomic mass is 32.2. The summed E-state index contributed by atoms with van der Waals surface area (Å²) < 4.78 is 26.4. The van der Waals surface area contributed by atoms with Crippen LogP contribution in [0.1, 0.15) is 12.8 Å². The van der Waals surface area contributed by atoms with Crippen LogP contribution in [-0.2, 0) is 14.8 Å². The second-order valence-electron chi connectivity index (χ2n) is 4.52. The summed E-state index contributed by atoms with van der Waals surface area (Å²) >= 11 is 1.11. The number of sulfonamides is 1. The Balaban J connectivity index is 2.19. The van der Waals surface area contributed by atoms with Crippen LogP contribution in [0.2, 0.25) is 0 Å². The van der Waals surface area contributed by atoms with E-state index in [4.69, 9.17) is 5.73 Å². The molecule has 1 aromatic rings. The van der Waals surface area contributed by atoms with Gasteiger partial charge < -0.3 is 11.1 Å². The van der Waals surface area contributed by atoms with Gasteiger partial charge in [-0.05, 0) is 18.9 Å². The van der Waals surface area contributed by atoms with Crippen molar-refractivity contribution in [2.45, 2.75) is 17.1 Å². The maximum Gasteiger partial charge on any atom is 0.252 e. The molecule has 1 atom stereocenters. The molecule has 1 unspecified atom stereocenters. The van der Waals surface area contributed by atoms with E-state index in [9.17, 15) is 13.2 Å². The van der Waals surface area contributed by atoms with E-state index in [1.807, 2.05) is 0 Å². The molecule has 0 bridgehead atoms. The molecule has 1 aliphatic heterocycles. The first-order valence-corrected chi connectivity index (χ1v) is 8.33. The van der Waals surface area contributed by atoms with Crippen LogP contribution in [0, 0.1) is 5.92 Å². The van der Waals surface area contributed by atoms with Crippen molar-refractivity contribution in [3.63, 3.8) is 0 Å². The number of carbonyl (C=O) groups is 1. The van der Waals surface area contributed by atoms with Crippen molar-refractivity contribution in [3.05, 3.63) is 11.4 Å². The van der Waals surface area contributed by atoms with Crippen LogP contribution in [0.15, 0.2) is 15.7 Å². The van der Waals surface area contributed by atoms with Gasteiger partial charge in [-0.15, -0.1) is 11.3 Å². The number of anilines is 1. The summed E-state index contributed by atoms with van der Waals surface area (Å²) in [6.07, 6.45) is 1.41. The molecule has 3 N–H and O–H groups in total. The topological polar surface area (TPSA) is 92.5 Å². The number of nitrogens with zero attached hydrogens (tertiary/aromatic N) is 1. The third-order valence-electron chi connectivity index (χ3n) is 3.19. The third-order valence-corrected chi connectivity index (χ3v) is 6.49. The highest BCUT2D eigenvalue weighted by Crippen LogP contribution is 2.28. The van der Waals surface area contributed by atoms with Crippen molar-refractivity contribution < 1.29 is 13.2 Å². The Hall–Kier alpha value is -1.12. The summed E-state index contributed by atoms with van der Waals surface area (Å²) in [5, 5.41) is 4.18. The van der Waals surface area contributed by atoms with Crippen molar-refractivity contribution in [3.8, 4) is 0 Å². The monoisotopic (exact) mass is 303 g/mol. The van der Waals surface area contributed by atoms with Crippen molar-refractivity contribution in [1.29, 1.82) is 0 Å². The first kappa shape index (κ1) is 14.3. The van der Waals surface area contributed by atoms with Gasteiger partial charge in [-0.3, -0.25) is 4.79 Å². The summed E-state index contributed by atoms with van der Waals surface area (Å²) in [6, 6.07) is 1.46. The second kappa shape index (κ2) is 5.48. The van der Waals surface area contributed by atoms with Crippen LogP contribution in [-0.4, -0.2) is 38.8 Å². The van der Waals surface area contributed by atoms with Gasteiger partial charge in [-0.2, -0.15) is 4.31 Å². The molecule has 2 heterocycles. The normalized spacial score (nSPS) is 21.2. The minimum absolute atomic E-state index is 0.106. The van der Waals surface area contributed by atoms with Gasteiger partial charge in [0.15, 0.2) is 0 Å². The lowest BCUT2D eigenvalue weighted by atomic mass is 9.99. The van der Waals surface area contributed by atoms with E-state index in [0.29, 0.717) is 18.7 Å². The lowest BCUT2D eigenvalue weighted by molar-refractivity contribution is -0.125. The van der Waals surface area contributed by atoms with E-state index in [0.717, 1.165) is 17.8 Å². The number of piperidine rings is 1. The summed E-state index contributed by atoms with van der Waals surface area (Å²) in [5.41, 5.74) is 6.01. The molecule has 8 heteroatoms. The van der Waals surface area contributed by atoms with E-state index in [1.54, 1.807) is 12.4 Å². The number of carbonyl (C=O) groups excluding carboxylic acids is 1. The predicted octanol–water partition coefficient (Wildman–Crippen LogP) is 0.477. The molecule has 1 fully saturated rings. The van der Waals surface area contributed by atoms with Gasteiger partial charge in [-0.25, -0.2) is 8.42 Å². The lowest BCUT2D eigenvalue weighted by Gasteiger charge is -2.30. The molecule has 1 saturated heterocycles. The Morgan fingerprint density at radius 1 is 1.58 bits per heavy atom. The van der Waals surface area contributed by atoms with Gasteiger partial charge in [-0.1, -0.05) is 0 Å². The molecule has 1 aliphatic rings. The fraction of sp³-hybridized carbons (Fsp3) is 0.545. The zero-order valence-corrected chi connectivity index (χ0v) is 12.3. The van der Waals surface area contributed by atoms with Crippen molar-refractivity contribution in [1.82, 2.24) is 9.62 Å². The van der Waals surface area contributed by atoms with Gasteiger partial charge in [0, 0.05) is 31.2 Å². The Labute approximate surface area is 116 Å². The molecule has 0 saturated carbocycles. The molecule has 106 valence electrons. The fourth-order valence-corrected chi connectivity index (χ4v) is 4.93. The van der Waals surface area contributed by atoms with Gasteiger partial charge in [0.05, 0.1) is 5.92 Å². The molecular weight excluding hydrogens is 286 g/mol. The Morgan fingerprint density at radius 3 is 2.89 bits per heavy atom. The number of hydrogen-bond acceptors (Lipinski definition) is 5. The standard InChI is InChI=1S/C11H17N3O3S2/c1-13-11(15)8-3-2-4-14(6-8)19(16,17)10-5-9(12)7-18-10/h5,7-8H,2-4,6,12H2,1H3,(H,13,15). The molecule has 0 aromatic carbocycles. The van der Waals surface area contributed by atoms with Crippen LogP contribution in [0.5, 0.6) is 0 Å². The highest BCUT2D eigenvalue weighted by molar-refractivity contribution is 7.91.